The summed E-state index contributed by atoms with van der Waals surface area (Å²) < 4.78 is 4.58. The molecule has 0 saturated carbocycles. The molecule has 0 aliphatic rings. The maximum atomic E-state index is 11.3. The molecule has 6 heteroatoms. The summed E-state index contributed by atoms with van der Waals surface area (Å²) in [6.07, 6.45) is 2.55. The number of rotatable bonds is 7. The first kappa shape index (κ1) is 15.4. The van der Waals surface area contributed by atoms with Gasteiger partial charge in [0, 0.05) is 18.8 Å². The topological polar surface area (TPSA) is 67.3 Å². The van der Waals surface area contributed by atoms with Crippen LogP contribution < -0.4 is 5.32 Å². The molecule has 0 radical (unpaired) electrons. The van der Waals surface area contributed by atoms with Crippen molar-refractivity contribution in [3.63, 3.8) is 0 Å². The van der Waals surface area contributed by atoms with Crippen molar-refractivity contribution in [2.24, 2.45) is 0 Å². The number of nitrogens with one attached hydrogen (secondary N) is 1. The van der Waals surface area contributed by atoms with Gasteiger partial charge in [0.05, 0.1) is 7.11 Å². The highest BCUT2D eigenvalue weighted by molar-refractivity contribution is 5.85. The third-order valence-electron chi connectivity index (χ3n) is 2.90. The van der Waals surface area contributed by atoms with Crippen molar-refractivity contribution in [1.82, 2.24) is 14.9 Å². The van der Waals surface area contributed by atoms with E-state index in [0.29, 0.717) is 11.9 Å². The Labute approximate surface area is 114 Å². The number of ether oxygens (including phenoxy) is 1. The van der Waals surface area contributed by atoms with Crippen LogP contribution in [0.3, 0.4) is 0 Å². The molecule has 6 nitrogen and oxygen atoms in total. The minimum atomic E-state index is -0.525. The number of esters is 1. The quantitative estimate of drug-likeness (QED) is 0.594. The number of hydrogen-bond donors (Lipinski definition) is 1. The normalized spacial score (nSPS) is 10.8. The average Bonchev–Trinajstić information content (AvgIpc) is 2.42. The van der Waals surface area contributed by atoms with Crippen LogP contribution in [0.4, 0.5) is 5.82 Å². The molecule has 1 aromatic rings. The van der Waals surface area contributed by atoms with E-state index in [4.69, 9.17) is 0 Å². The van der Waals surface area contributed by atoms with E-state index >= 15 is 0 Å². The van der Waals surface area contributed by atoms with Crippen molar-refractivity contribution in [2.75, 3.05) is 32.6 Å². The van der Waals surface area contributed by atoms with E-state index in [1.54, 1.807) is 12.3 Å². The lowest BCUT2D eigenvalue weighted by Crippen LogP contribution is -2.28. The molecule has 0 aliphatic heterocycles. The first-order valence-corrected chi connectivity index (χ1v) is 6.40. The van der Waals surface area contributed by atoms with Crippen molar-refractivity contribution in [2.45, 2.75) is 26.3 Å². The molecule has 1 rings (SSSR count). The maximum Gasteiger partial charge on any atom is 0.376 e. The van der Waals surface area contributed by atoms with Crippen molar-refractivity contribution in [3.05, 3.63) is 18.1 Å². The van der Waals surface area contributed by atoms with E-state index in [2.05, 4.69) is 45.8 Å². The molecule has 0 saturated heterocycles. The summed E-state index contributed by atoms with van der Waals surface area (Å²) in [5, 5.41) is 3.17. The summed E-state index contributed by atoms with van der Waals surface area (Å²) >= 11 is 0. The van der Waals surface area contributed by atoms with E-state index in [9.17, 15) is 4.79 Å². The van der Waals surface area contributed by atoms with E-state index < -0.39 is 5.97 Å². The minimum Gasteiger partial charge on any atom is -0.463 e. The molecule has 1 aromatic heterocycles. The van der Waals surface area contributed by atoms with Gasteiger partial charge >= 0.3 is 5.97 Å². The highest BCUT2D eigenvalue weighted by atomic mass is 16.5. The van der Waals surface area contributed by atoms with Crippen LogP contribution in [0.1, 0.15) is 30.9 Å². The maximum absolute atomic E-state index is 11.3. The lowest BCUT2D eigenvalue weighted by atomic mass is 10.3. The zero-order chi connectivity index (χ0) is 14.3. The SMILES string of the molecule is COC(=O)c1nccc(NCCCN(C)C(C)C)n1. The minimum absolute atomic E-state index is 0.0757. The van der Waals surface area contributed by atoms with E-state index in [0.717, 1.165) is 19.5 Å². The van der Waals surface area contributed by atoms with Crippen LogP contribution in [0, 0.1) is 0 Å². The Bertz CT molecular complexity index is 409. The molecule has 0 spiro atoms. The van der Waals surface area contributed by atoms with Crippen molar-refractivity contribution >= 4 is 11.8 Å². The molecule has 0 amide bonds. The number of carbonyl (C=O) groups excluding carboxylic acids is 1. The lowest BCUT2D eigenvalue weighted by Gasteiger charge is -2.20. The highest BCUT2D eigenvalue weighted by Crippen LogP contribution is 2.03. The molecule has 19 heavy (non-hydrogen) atoms. The zero-order valence-electron chi connectivity index (χ0n) is 12.0. The van der Waals surface area contributed by atoms with Gasteiger partial charge in [0.1, 0.15) is 5.82 Å². The van der Waals surface area contributed by atoms with E-state index in [-0.39, 0.29) is 5.82 Å². The lowest BCUT2D eigenvalue weighted by molar-refractivity contribution is 0.0587. The van der Waals surface area contributed by atoms with Gasteiger partial charge in [0.25, 0.3) is 0 Å². The Morgan fingerprint density at radius 3 is 2.89 bits per heavy atom. The monoisotopic (exact) mass is 266 g/mol. The molecule has 1 N–H and O–H groups in total. The fourth-order valence-corrected chi connectivity index (χ4v) is 1.45. The average molecular weight is 266 g/mol. The number of methoxy groups -OCH3 is 1. The van der Waals surface area contributed by atoms with Gasteiger partial charge in [0.2, 0.25) is 5.82 Å². The summed E-state index contributed by atoms with van der Waals surface area (Å²) in [7, 11) is 3.41. The third-order valence-corrected chi connectivity index (χ3v) is 2.90. The van der Waals surface area contributed by atoms with Crippen LogP contribution in [0.15, 0.2) is 12.3 Å². The fraction of sp³-hybridized carbons (Fsp3) is 0.615. The summed E-state index contributed by atoms with van der Waals surface area (Å²) in [4.78, 5) is 21.5. The van der Waals surface area contributed by atoms with Crippen LogP contribution in [0.25, 0.3) is 0 Å². The summed E-state index contributed by atoms with van der Waals surface area (Å²) in [6.45, 7) is 6.15. The standard InChI is InChI=1S/C13H22N4O2/c1-10(2)17(3)9-5-7-14-11-6-8-15-12(16-11)13(18)19-4/h6,8,10H,5,7,9H2,1-4H3,(H,14,15,16). The molecule has 0 aromatic carbocycles. The van der Waals surface area contributed by atoms with Gasteiger partial charge in [-0.15, -0.1) is 0 Å². The Hall–Kier alpha value is -1.69. The molecule has 106 valence electrons. The Kier molecular flexibility index (Phi) is 6.21. The van der Waals surface area contributed by atoms with Gasteiger partial charge in [-0.1, -0.05) is 0 Å². The van der Waals surface area contributed by atoms with Gasteiger partial charge in [-0.05, 0) is 39.9 Å². The van der Waals surface area contributed by atoms with Crippen LogP contribution in [0.2, 0.25) is 0 Å². The molecule has 0 fully saturated rings. The first-order valence-electron chi connectivity index (χ1n) is 6.40. The van der Waals surface area contributed by atoms with E-state index in [1.165, 1.54) is 7.11 Å². The first-order chi connectivity index (χ1) is 9.04. The predicted molar refractivity (Wildman–Crippen MR) is 74.2 cm³/mol. The Balaban J connectivity index is 2.39. The van der Waals surface area contributed by atoms with Crippen molar-refractivity contribution in [1.29, 1.82) is 0 Å². The molecular weight excluding hydrogens is 244 g/mol. The predicted octanol–water partition coefficient (Wildman–Crippen LogP) is 1.41. The van der Waals surface area contributed by atoms with E-state index in [1.807, 2.05) is 0 Å². The van der Waals surface area contributed by atoms with Crippen LogP contribution in [-0.4, -0.2) is 54.1 Å². The van der Waals surface area contributed by atoms with Crippen molar-refractivity contribution < 1.29 is 9.53 Å². The smallest absolute Gasteiger partial charge is 0.376 e. The molecule has 0 atom stereocenters. The number of aromatic nitrogens is 2. The second-order valence-electron chi connectivity index (χ2n) is 4.61. The molecule has 1 heterocycles. The second kappa shape index (κ2) is 7.68. The van der Waals surface area contributed by atoms with Gasteiger partial charge in [-0.3, -0.25) is 0 Å². The largest absolute Gasteiger partial charge is 0.463 e. The summed E-state index contributed by atoms with van der Waals surface area (Å²) in [6, 6.07) is 2.28. The molecular formula is C13H22N4O2. The van der Waals surface area contributed by atoms with Crippen LogP contribution in [0.5, 0.6) is 0 Å². The highest BCUT2D eigenvalue weighted by Gasteiger charge is 2.09. The zero-order valence-corrected chi connectivity index (χ0v) is 12.0. The number of nitrogens with zero attached hydrogens (tertiary/aromatic N) is 3. The fourth-order valence-electron chi connectivity index (χ4n) is 1.45. The molecule has 0 unspecified atom stereocenters. The second-order valence-corrected chi connectivity index (χ2v) is 4.61. The molecule has 0 bridgehead atoms. The summed E-state index contributed by atoms with van der Waals surface area (Å²) in [5.41, 5.74) is 0. The Morgan fingerprint density at radius 2 is 2.26 bits per heavy atom. The number of carbonyl (C=O) groups is 1. The van der Waals surface area contributed by atoms with Gasteiger partial charge in [0.15, 0.2) is 0 Å². The number of anilines is 1. The van der Waals surface area contributed by atoms with Crippen molar-refractivity contribution in [3.8, 4) is 0 Å². The van der Waals surface area contributed by atoms with Crippen LogP contribution >= 0.6 is 0 Å². The third kappa shape index (κ3) is 5.21. The summed E-state index contributed by atoms with van der Waals surface area (Å²) in [5.74, 6) is 0.192. The molecule has 0 aliphatic carbocycles. The van der Waals surface area contributed by atoms with Gasteiger partial charge in [-0.2, -0.15) is 0 Å². The Morgan fingerprint density at radius 1 is 1.53 bits per heavy atom. The van der Waals surface area contributed by atoms with Crippen LogP contribution in [-0.2, 0) is 4.74 Å². The van der Waals surface area contributed by atoms with Gasteiger partial charge < -0.3 is 15.0 Å². The van der Waals surface area contributed by atoms with Gasteiger partial charge in [-0.25, -0.2) is 14.8 Å². The number of hydrogen-bond acceptors (Lipinski definition) is 6.